The Morgan fingerprint density at radius 2 is 1.86 bits per heavy atom. The Morgan fingerprint density at radius 3 is 2.57 bits per heavy atom. The Bertz CT molecular complexity index is 1080. The zero-order valence-corrected chi connectivity index (χ0v) is 21.3. The lowest BCUT2D eigenvalue weighted by atomic mass is 9.84. The van der Waals surface area contributed by atoms with Crippen LogP contribution in [0.3, 0.4) is 0 Å². The first-order valence-electron chi connectivity index (χ1n) is 12.1. The molecule has 2 amide bonds. The minimum Gasteiger partial charge on any atom is -0.379 e. The lowest BCUT2D eigenvalue weighted by Gasteiger charge is -2.48. The van der Waals surface area contributed by atoms with E-state index < -0.39 is 5.54 Å². The quantitative estimate of drug-likeness (QED) is 0.520. The molecule has 5 rings (SSSR count). The van der Waals surface area contributed by atoms with Crippen LogP contribution in [0.1, 0.15) is 17.7 Å². The van der Waals surface area contributed by atoms with Crippen molar-refractivity contribution in [3.05, 3.63) is 46.7 Å². The standard InChI is InChI=1S/C25H31N5O3S2/c26-24(32)25(30-11-13-33-14-12-30)7-9-29(10-8-25)21-5-2-1-4-18(21)28-23(31)20-17-34-16-19(27-20)22-6-3-15-35-22/h1-6,15,20H,7-14,16-17H2,(H2,26,32)(H,28,31)/p+1. The fourth-order valence-electron chi connectivity index (χ4n) is 5.21. The second-order valence-electron chi connectivity index (χ2n) is 9.16. The maximum atomic E-state index is 13.2. The number of thiophene rings is 1. The number of para-hydroxylation sites is 2. The van der Waals surface area contributed by atoms with Crippen LogP contribution in [-0.4, -0.2) is 84.9 Å². The van der Waals surface area contributed by atoms with Crippen molar-refractivity contribution in [1.29, 1.82) is 0 Å². The first kappa shape index (κ1) is 24.3. The predicted octanol–water partition coefficient (Wildman–Crippen LogP) is 0.528. The first-order valence-corrected chi connectivity index (χ1v) is 14.1. The third-order valence-corrected chi connectivity index (χ3v) is 9.17. The number of nitrogens with one attached hydrogen (secondary N) is 2. The maximum Gasteiger partial charge on any atom is 0.293 e. The van der Waals surface area contributed by atoms with E-state index in [4.69, 9.17) is 10.5 Å². The van der Waals surface area contributed by atoms with Crippen LogP contribution in [-0.2, 0) is 14.3 Å². The molecule has 0 spiro atoms. The third-order valence-electron chi connectivity index (χ3n) is 7.18. The van der Waals surface area contributed by atoms with Crippen molar-refractivity contribution in [3.63, 3.8) is 0 Å². The molecule has 2 saturated heterocycles. The van der Waals surface area contributed by atoms with E-state index in [0.29, 0.717) is 39.1 Å². The number of rotatable bonds is 6. The largest absolute Gasteiger partial charge is 0.379 e. The van der Waals surface area contributed by atoms with E-state index in [1.54, 1.807) is 23.1 Å². The van der Waals surface area contributed by atoms with Gasteiger partial charge in [-0.3, -0.25) is 14.5 Å². The molecule has 10 heteroatoms. The van der Waals surface area contributed by atoms with Crippen molar-refractivity contribution in [3.8, 4) is 0 Å². The molecule has 8 nitrogen and oxygen atoms in total. The molecule has 3 aliphatic heterocycles. The van der Waals surface area contributed by atoms with Gasteiger partial charge in [-0.1, -0.05) is 18.2 Å². The number of hydrogen-bond acceptors (Lipinski definition) is 7. The zero-order valence-electron chi connectivity index (χ0n) is 19.7. The van der Waals surface area contributed by atoms with Crippen LogP contribution in [0.15, 0.2) is 41.8 Å². The smallest absolute Gasteiger partial charge is 0.293 e. The van der Waals surface area contributed by atoms with Crippen LogP contribution in [0.4, 0.5) is 11.4 Å². The molecule has 0 saturated carbocycles. The summed E-state index contributed by atoms with van der Waals surface area (Å²) in [5, 5.41) is 5.22. The highest BCUT2D eigenvalue weighted by Gasteiger charge is 2.45. The van der Waals surface area contributed by atoms with Gasteiger partial charge in [0.1, 0.15) is 5.54 Å². The number of hydrogen-bond donors (Lipinski definition) is 3. The Balaban J connectivity index is 1.29. The summed E-state index contributed by atoms with van der Waals surface area (Å²) >= 11 is 3.46. The Hall–Kier alpha value is -2.40. The molecule has 0 aliphatic carbocycles. The average Bonchev–Trinajstić information content (AvgIpc) is 3.45. The summed E-state index contributed by atoms with van der Waals surface area (Å²) < 4.78 is 5.48. The molecule has 35 heavy (non-hydrogen) atoms. The van der Waals surface area contributed by atoms with E-state index >= 15 is 0 Å². The molecule has 186 valence electrons. The molecule has 1 aromatic carbocycles. The van der Waals surface area contributed by atoms with Gasteiger partial charge in [-0.15, -0.1) is 23.1 Å². The molecule has 2 aromatic rings. The molecule has 4 N–H and O–H groups in total. The highest BCUT2D eigenvalue weighted by Crippen LogP contribution is 2.35. The molecule has 1 atom stereocenters. The van der Waals surface area contributed by atoms with Gasteiger partial charge in [0.25, 0.3) is 5.91 Å². The van der Waals surface area contributed by atoms with Gasteiger partial charge in [0.15, 0.2) is 0 Å². The number of benzene rings is 1. The lowest BCUT2D eigenvalue weighted by molar-refractivity contribution is -0.481. The normalized spacial score (nSPS) is 22.9. The van der Waals surface area contributed by atoms with Crippen LogP contribution in [0.5, 0.6) is 0 Å². The number of amides is 2. The molecule has 2 fully saturated rings. The topological polar surface area (TPSA) is 102 Å². The van der Waals surface area contributed by atoms with Gasteiger partial charge >= 0.3 is 0 Å². The minimum absolute atomic E-state index is 0.0319. The molecule has 3 aliphatic rings. The van der Waals surface area contributed by atoms with E-state index in [2.05, 4.69) is 31.6 Å². The van der Waals surface area contributed by atoms with Crippen LogP contribution < -0.4 is 20.9 Å². The Morgan fingerprint density at radius 1 is 1.09 bits per heavy atom. The molecular weight excluding hydrogens is 482 g/mol. The van der Waals surface area contributed by atoms with Gasteiger partial charge < -0.3 is 20.7 Å². The molecule has 4 heterocycles. The Labute approximate surface area is 213 Å². The molecule has 1 unspecified atom stereocenters. The fourth-order valence-corrected chi connectivity index (χ4v) is 7.07. The SMILES string of the molecule is NC(=O)C1(N2CCOCC2)CCN(c2ccccc2NC(=O)C2CSCC(c3cccs3)=[NH+]2)CC1. The number of primary amides is 1. The summed E-state index contributed by atoms with van der Waals surface area (Å²) in [4.78, 5) is 34.9. The number of piperidine rings is 1. The van der Waals surface area contributed by atoms with Crippen LogP contribution in [0.2, 0.25) is 0 Å². The molecule has 0 bridgehead atoms. The third kappa shape index (κ3) is 5.11. The number of carbonyl (C=O) groups excluding carboxylic acids is 2. The van der Waals surface area contributed by atoms with Gasteiger partial charge in [0, 0.05) is 26.2 Å². The van der Waals surface area contributed by atoms with Gasteiger partial charge in [-0.25, -0.2) is 4.99 Å². The summed E-state index contributed by atoms with van der Waals surface area (Å²) in [7, 11) is 0. The average molecular weight is 515 g/mol. The van der Waals surface area contributed by atoms with Crippen LogP contribution in [0.25, 0.3) is 0 Å². The molecular formula is C25H32N5O3S2+. The number of nitrogens with zero attached hydrogens (tertiary/aromatic N) is 2. The first-order chi connectivity index (χ1) is 17.1. The second kappa shape index (κ2) is 10.7. The van der Waals surface area contributed by atoms with Crippen LogP contribution in [0, 0.1) is 0 Å². The van der Waals surface area contributed by atoms with E-state index in [0.717, 1.165) is 41.7 Å². The molecule has 1 aromatic heterocycles. The van der Waals surface area contributed by atoms with Gasteiger partial charge in [0.05, 0.1) is 41.0 Å². The zero-order chi connectivity index (χ0) is 24.3. The maximum absolute atomic E-state index is 13.2. The number of nitrogens with two attached hydrogens (primary N) is 1. The van der Waals surface area contributed by atoms with Gasteiger partial charge in [0.2, 0.25) is 17.7 Å². The number of morpholine rings is 1. The monoisotopic (exact) mass is 514 g/mol. The van der Waals surface area contributed by atoms with Crippen molar-refractivity contribution in [2.75, 3.05) is 61.1 Å². The summed E-state index contributed by atoms with van der Waals surface area (Å²) in [6, 6.07) is 11.7. The summed E-state index contributed by atoms with van der Waals surface area (Å²) in [6.45, 7) is 4.11. The van der Waals surface area contributed by atoms with Crippen molar-refractivity contribution >= 4 is 52.0 Å². The summed E-state index contributed by atoms with van der Waals surface area (Å²) in [6.07, 6.45) is 1.31. The van der Waals surface area contributed by atoms with Crippen LogP contribution >= 0.6 is 23.1 Å². The van der Waals surface area contributed by atoms with E-state index in [-0.39, 0.29) is 17.9 Å². The van der Waals surface area contributed by atoms with Gasteiger partial charge in [-0.2, -0.15) is 0 Å². The van der Waals surface area contributed by atoms with E-state index in [1.807, 2.05) is 30.3 Å². The summed E-state index contributed by atoms with van der Waals surface area (Å²) in [5.74, 6) is 1.34. The predicted molar refractivity (Wildman–Crippen MR) is 141 cm³/mol. The lowest BCUT2D eigenvalue weighted by Crippen LogP contribution is -2.85. The van der Waals surface area contributed by atoms with Crippen molar-refractivity contribution in [1.82, 2.24) is 4.90 Å². The van der Waals surface area contributed by atoms with Crippen molar-refractivity contribution in [2.24, 2.45) is 5.73 Å². The second-order valence-corrected chi connectivity index (χ2v) is 11.1. The number of thioether (sulfide) groups is 1. The van der Waals surface area contributed by atoms with Crippen molar-refractivity contribution in [2.45, 2.75) is 24.4 Å². The van der Waals surface area contributed by atoms with Crippen molar-refractivity contribution < 1.29 is 19.3 Å². The van der Waals surface area contributed by atoms with Gasteiger partial charge in [-0.05, 0) is 36.4 Å². The highest BCUT2D eigenvalue weighted by molar-refractivity contribution is 8.00. The number of anilines is 2. The Kier molecular flexibility index (Phi) is 7.43. The number of ether oxygens (including phenoxy) is 1. The highest BCUT2D eigenvalue weighted by atomic mass is 32.2. The number of carbonyl (C=O) groups is 2. The fraction of sp³-hybridized carbons (Fsp3) is 0.480. The molecule has 0 radical (unpaired) electrons. The summed E-state index contributed by atoms with van der Waals surface area (Å²) in [5.41, 5.74) is 8.20. The van der Waals surface area contributed by atoms with E-state index in [9.17, 15) is 9.59 Å². The minimum atomic E-state index is -0.629. The van der Waals surface area contributed by atoms with E-state index in [1.165, 1.54) is 4.88 Å².